The Kier molecular flexibility index (Phi) is 4.22. The predicted octanol–water partition coefficient (Wildman–Crippen LogP) is 2.87. The third kappa shape index (κ3) is 4.33. The van der Waals surface area contributed by atoms with Crippen LogP contribution in [-0.4, -0.2) is 20.3 Å². The van der Waals surface area contributed by atoms with Crippen LogP contribution in [0.3, 0.4) is 0 Å². The molecule has 0 saturated carbocycles. The van der Waals surface area contributed by atoms with Crippen LogP contribution < -0.4 is 5.32 Å². The van der Waals surface area contributed by atoms with Gasteiger partial charge in [0.05, 0.1) is 13.1 Å². The first-order valence-electron chi connectivity index (χ1n) is 6.31. The van der Waals surface area contributed by atoms with Crippen molar-refractivity contribution in [2.75, 3.05) is 0 Å². The number of hydrogen-bond donors (Lipinski definition) is 1. The van der Waals surface area contributed by atoms with Gasteiger partial charge in [-0.05, 0) is 32.4 Å². The zero-order valence-corrected chi connectivity index (χ0v) is 12.3. The van der Waals surface area contributed by atoms with E-state index in [-0.39, 0.29) is 5.54 Å². The summed E-state index contributed by atoms with van der Waals surface area (Å²) in [6.07, 6.45) is 1.74. The van der Waals surface area contributed by atoms with E-state index in [9.17, 15) is 0 Å². The first-order valence-corrected chi connectivity index (χ1v) is 6.68. The summed E-state index contributed by atoms with van der Waals surface area (Å²) in [4.78, 5) is 4.29. The Morgan fingerprint density at radius 2 is 2.00 bits per heavy atom. The maximum absolute atomic E-state index is 6.13. The second kappa shape index (κ2) is 5.72. The third-order valence-corrected chi connectivity index (χ3v) is 3.02. The van der Waals surface area contributed by atoms with Crippen molar-refractivity contribution in [1.82, 2.24) is 20.1 Å². The highest BCUT2D eigenvalue weighted by Crippen LogP contribution is 2.15. The van der Waals surface area contributed by atoms with E-state index >= 15 is 0 Å². The number of hydrogen-bond acceptors (Lipinski definition) is 3. The summed E-state index contributed by atoms with van der Waals surface area (Å²) < 4.78 is 1.81. The Hall–Kier alpha value is -1.39. The van der Waals surface area contributed by atoms with Gasteiger partial charge in [0.25, 0.3) is 0 Å². The van der Waals surface area contributed by atoms with Gasteiger partial charge in [-0.1, -0.05) is 29.8 Å². The lowest BCUT2D eigenvalue weighted by molar-refractivity contribution is 0.417. The maximum atomic E-state index is 6.13. The molecule has 1 aromatic carbocycles. The van der Waals surface area contributed by atoms with Gasteiger partial charge in [0.15, 0.2) is 5.82 Å². The summed E-state index contributed by atoms with van der Waals surface area (Å²) in [6.45, 7) is 7.66. The Morgan fingerprint density at radius 1 is 1.26 bits per heavy atom. The van der Waals surface area contributed by atoms with E-state index in [1.54, 1.807) is 11.0 Å². The lowest BCUT2D eigenvalue weighted by Gasteiger charge is -2.19. The van der Waals surface area contributed by atoms with Gasteiger partial charge in [-0.15, -0.1) is 0 Å². The molecule has 2 rings (SSSR count). The quantitative estimate of drug-likeness (QED) is 0.935. The highest BCUT2D eigenvalue weighted by Gasteiger charge is 2.10. The molecule has 0 radical (unpaired) electrons. The first kappa shape index (κ1) is 14.0. The summed E-state index contributed by atoms with van der Waals surface area (Å²) in [6, 6.07) is 7.78. The summed E-state index contributed by atoms with van der Waals surface area (Å²) in [5, 5.41) is 8.55. The third-order valence-electron chi connectivity index (χ3n) is 2.65. The molecule has 0 bridgehead atoms. The van der Waals surface area contributed by atoms with E-state index in [0.717, 1.165) is 16.4 Å². The molecule has 0 spiro atoms. The van der Waals surface area contributed by atoms with Crippen molar-refractivity contribution in [3.8, 4) is 0 Å². The molecule has 0 amide bonds. The average Bonchev–Trinajstić information content (AvgIpc) is 2.77. The van der Waals surface area contributed by atoms with Crippen LogP contribution >= 0.6 is 11.6 Å². The fourth-order valence-electron chi connectivity index (χ4n) is 1.64. The van der Waals surface area contributed by atoms with Crippen LogP contribution in [0.25, 0.3) is 0 Å². The largest absolute Gasteiger partial charge is 0.305 e. The summed E-state index contributed by atoms with van der Waals surface area (Å²) in [5.74, 6) is 0.793. The second-order valence-corrected chi connectivity index (χ2v) is 5.96. The molecule has 0 atom stereocenters. The molecule has 102 valence electrons. The minimum Gasteiger partial charge on any atom is -0.305 e. The number of aromatic nitrogens is 3. The molecule has 19 heavy (non-hydrogen) atoms. The van der Waals surface area contributed by atoms with Crippen LogP contribution in [0.4, 0.5) is 0 Å². The summed E-state index contributed by atoms with van der Waals surface area (Å²) >= 11 is 6.13. The molecule has 4 nitrogen and oxygen atoms in total. The van der Waals surface area contributed by atoms with Gasteiger partial charge in [-0.2, -0.15) is 5.10 Å². The molecule has 1 heterocycles. The Bertz CT molecular complexity index is 542. The minimum atomic E-state index is 0.0637. The molecule has 0 aliphatic carbocycles. The van der Waals surface area contributed by atoms with E-state index in [2.05, 4.69) is 36.2 Å². The smallest absolute Gasteiger partial charge is 0.164 e. The van der Waals surface area contributed by atoms with Crippen LogP contribution in [0.15, 0.2) is 30.6 Å². The van der Waals surface area contributed by atoms with Crippen LogP contribution in [0.2, 0.25) is 5.02 Å². The molecule has 0 aliphatic rings. The fourth-order valence-corrected chi connectivity index (χ4v) is 1.83. The maximum Gasteiger partial charge on any atom is 0.164 e. The van der Waals surface area contributed by atoms with Gasteiger partial charge in [-0.25, -0.2) is 9.67 Å². The van der Waals surface area contributed by atoms with Crippen molar-refractivity contribution in [3.05, 3.63) is 47.0 Å². The predicted molar refractivity (Wildman–Crippen MR) is 77.2 cm³/mol. The number of rotatable bonds is 4. The zero-order chi connectivity index (χ0) is 13.9. The van der Waals surface area contributed by atoms with Crippen molar-refractivity contribution < 1.29 is 0 Å². The SMILES string of the molecule is CC(C)(C)NCc1ncn(Cc2ccccc2Cl)n1. The molecule has 0 aliphatic heterocycles. The normalized spacial score (nSPS) is 11.8. The van der Waals surface area contributed by atoms with Crippen LogP contribution in [0.1, 0.15) is 32.2 Å². The van der Waals surface area contributed by atoms with Crippen molar-refractivity contribution in [3.63, 3.8) is 0 Å². The highest BCUT2D eigenvalue weighted by molar-refractivity contribution is 6.31. The molecular formula is C14H19ClN4. The Balaban J connectivity index is 2.00. The number of nitrogens with one attached hydrogen (secondary N) is 1. The Labute approximate surface area is 118 Å². The Morgan fingerprint density at radius 3 is 2.68 bits per heavy atom. The first-order chi connectivity index (χ1) is 8.94. The molecule has 0 saturated heterocycles. The minimum absolute atomic E-state index is 0.0637. The van der Waals surface area contributed by atoms with Gasteiger partial charge in [0.1, 0.15) is 6.33 Å². The van der Waals surface area contributed by atoms with E-state index < -0.39 is 0 Å². The van der Waals surface area contributed by atoms with E-state index in [4.69, 9.17) is 11.6 Å². The topological polar surface area (TPSA) is 42.7 Å². The van der Waals surface area contributed by atoms with Crippen LogP contribution in [-0.2, 0) is 13.1 Å². The number of nitrogens with zero attached hydrogens (tertiary/aromatic N) is 3. The van der Waals surface area contributed by atoms with Gasteiger partial charge in [-0.3, -0.25) is 0 Å². The molecule has 0 unspecified atom stereocenters. The molecule has 1 aromatic heterocycles. The van der Waals surface area contributed by atoms with Crippen LogP contribution in [0.5, 0.6) is 0 Å². The van der Waals surface area contributed by atoms with Crippen LogP contribution in [0, 0.1) is 0 Å². The molecule has 0 fully saturated rings. The summed E-state index contributed by atoms with van der Waals surface area (Å²) in [5.41, 5.74) is 1.11. The average molecular weight is 279 g/mol. The monoisotopic (exact) mass is 278 g/mol. The summed E-state index contributed by atoms with van der Waals surface area (Å²) in [7, 11) is 0. The standard InChI is InChI=1S/C14H19ClN4/c1-14(2,3)17-8-13-16-10-19(18-13)9-11-6-4-5-7-12(11)15/h4-7,10,17H,8-9H2,1-3H3. The van der Waals surface area contributed by atoms with E-state index in [1.165, 1.54) is 0 Å². The molecule has 5 heteroatoms. The van der Waals surface area contributed by atoms with Crippen molar-refractivity contribution in [1.29, 1.82) is 0 Å². The second-order valence-electron chi connectivity index (χ2n) is 5.55. The lowest BCUT2D eigenvalue weighted by Crippen LogP contribution is -2.35. The lowest BCUT2D eigenvalue weighted by atomic mass is 10.1. The fraction of sp³-hybridized carbons (Fsp3) is 0.429. The number of benzene rings is 1. The zero-order valence-electron chi connectivity index (χ0n) is 11.5. The van der Waals surface area contributed by atoms with Crippen molar-refractivity contribution >= 4 is 11.6 Å². The highest BCUT2D eigenvalue weighted by atomic mass is 35.5. The molecular weight excluding hydrogens is 260 g/mol. The van der Waals surface area contributed by atoms with E-state index in [1.807, 2.05) is 24.3 Å². The number of halogens is 1. The van der Waals surface area contributed by atoms with Crippen molar-refractivity contribution in [2.24, 2.45) is 0 Å². The van der Waals surface area contributed by atoms with Gasteiger partial charge < -0.3 is 5.32 Å². The van der Waals surface area contributed by atoms with E-state index in [0.29, 0.717) is 13.1 Å². The van der Waals surface area contributed by atoms with Gasteiger partial charge in [0.2, 0.25) is 0 Å². The van der Waals surface area contributed by atoms with Gasteiger partial charge >= 0.3 is 0 Å². The molecule has 2 aromatic rings. The van der Waals surface area contributed by atoms with Crippen molar-refractivity contribution in [2.45, 2.75) is 39.4 Å². The molecule has 1 N–H and O–H groups in total. The van der Waals surface area contributed by atoms with Gasteiger partial charge in [0, 0.05) is 10.6 Å².